The second-order valence-electron chi connectivity index (χ2n) is 5.14. The smallest absolute Gasteiger partial charge is 0.272 e. The van der Waals surface area contributed by atoms with Crippen molar-refractivity contribution < 1.29 is 4.79 Å². The minimum absolute atomic E-state index is 0.0728. The molecule has 1 N–H and O–H groups in total. The Kier molecular flexibility index (Phi) is 5.09. The largest absolute Gasteiger partial charge is 0.340 e. The Morgan fingerprint density at radius 2 is 1.91 bits per heavy atom. The minimum Gasteiger partial charge on any atom is -0.340 e. The van der Waals surface area contributed by atoms with Crippen LogP contribution in [0.4, 0.5) is 11.5 Å². The van der Waals surface area contributed by atoms with Crippen molar-refractivity contribution in [1.29, 1.82) is 0 Å². The summed E-state index contributed by atoms with van der Waals surface area (Å²) < 4.78 is 0. The summed E-state index contributed by atoms with van der Waals surface area (Å²) in [5, 5.41) is 3.26. The van der Waals surface area contributed by atoms with Crippen molar-refractivity contribution in [3.05, 3.63) is 47.4 Å². The van der Waals surface area contributed by atoms with Gasteiger partial charge in [0.05, 0.1) is 0 Å². The average Bonchev–Trinajstić information content (AvgIpc) is 2.53. The van der Waals surface area contributed by atoms with E-state index >= 15 is 0 Å². The molecule has 22 heavy (non-hydrogen) atoms. The van der Waals surface area contributed by atoms with Crippen LogP contribution in [0.25, 0.3) is 0 Å². The van der Waals surface area contributed by atoms with Crippen LogP contribution >= 0.6 is 0 Å². The number of aromatic nitrogens is 2. The van der Waals surface area contributed by atoms with E-state index in [1.807, 2.05) is 26.0 Å². The van der Waals surface area contributed by atoms with Crippen LogP contribution in [-0.2, 0) is 0 Å². The molecule has 0 bridgehead atoms. The number of carbonyl (C=O) groups is 1. The first-order valence-corrected chi connectivity index (χ1v) is 7.51. The third-order valence-corrected chi connectivity index (χ3v) is 3.80. The van der Waals surface area contributed by atoms with Gasteiger partial charge in [-0.05, 0) is 44.9 Å². The minimum atomic E-state index is -0.0728. The lowest BCUT2D eigenvalue weighted by Gasteiger charge is -2.18. The van der Waals surface area contributed by atoms with E-state index in [0.717, 1.165) is 11.3 Å². The molecule has 0 atom stereocenters. The predicted molar refractivity (Wildman–Crippen MR) is 88.5 cm³/mol. The number of carbonyl (C=O) groups excluding carboxylic acids is 1. The number of hydrogen-bond donors (Lipinski definition) is 1. The molecular formula is C17H22N4O. The van der Waals surface area contributed by atoms with Crippen LogP contribution in [0.2, 0.25) is 0 Å². The third-order valence-electron chi connectivity index (χ3n) is 3.80. The van der Waals surface area contributed by atoms with E-state index in [2.05, 4.69) is 35.2 Å². The summed E-state index contributed by atoms with van der Waals surface area (Å²) in [5.74, 6) is 0.552. The van der Waals surface area contributed by atoms with Crippen LogP contribution < -0.4 is 5.32 Å². The highest BCUT2D eigenvalue weighted by Gasteiger charge is 2.14. The van der Waals surface area contributed by atoms with Gasteiger partial charge in [-0.1, -0.05) is 12.1 Å². The van der Waals surface area contributed by atoms with E-state index in [4.69, 9.17) is 0 Å². The topological polar surface area (TPSA) is 58.1 Å². The molecule has 0 aliphatic rings. The molecule has 0 unspecified atom stereocenters. The van der Waals surface area contributed by atoms with Crippen LogP contribution in [0.15, 0.2) is 30.6 Å². The Morgan fingerprint density at radius 3 is 2.59 bits per heavy atom. The molecule has 1 aromatic carbocycles. The molecule has 0 fully saturated rings. The number of amides is 1. The van der Waals surface area contributed by atoms with E-state index in [1.54, 1.807) is 11.0 Å². The zero-order valence-electron chi connectivity index (χ0n) is 13.6. The molecule has 0 radical (unpaired) electrons. The molecule has 2 aromatic rings. The Bertz CT molecular complexity index is 665. The van der Waals surface area contributed by atoms with Crippen LogP contribution in [0.3, 0.4) is 0 Å². The van der Waals surface area contributed by atoms with E-state index in [1.165, 1.54) is 11.9 Å². The number of rotatable bonds is 5. The molecular weight excluding hydrogens is 276 g/mol. The second kappa shape index (κ2) is 7.02. The number of anilines is 2. The fourth-order valence-electron chi connectivity index (χ4n) is 2.24. The SMILES string of the molecule is CCN(CC)C(=O)c1cc(Nc2cccc(C)c2C)ncn1. The highest BCUT2D eigenvalue weighted by molar-refractivity contribution is 5.93. The number of nitrogens with one attached hydrogen (secondary N) is 1. The third kappa shape index (κ3) is 3.42. The number of benzene rings is 1. The van der Waals surface area contributed by atoms with Gasteiger partial charge in [-0.3, -0.25) is 4.79 Å². The molecule has 116 valence electrons. The summed E-state index contributed by atoms with van der Waals surface area (Å²) in [6.45, 7) is 9.37. The lowest BCUT2D eigenvalue weighted by atomic mass is 10.1. The Balaban J connectivity index is 2.25. The summed E-state index contributed by atoms with van der Waals surface area (Å²) in [7, 11) is 0. The maximum atomic E-state index is 12.3. The highest BCUT2D eigenvalue weighted by Crippen LogP contribution is 2.21. The monoisotopic (exact) mass is 298 g/mol. The van der Waals surface area contributed by atoms with Crippen molar-refractivity contribution in [2.24, 2.45) is 0 Å². The fourth-order valence-corrected chi connectivity index (χ4v) is 2.24. The quantitative estimate of drug-likeness (QED) is 0.920. The van der Waals surface area contributed by atoms with Gasteiger partial charge >= 0.3 is 0 Å². The lowest BCUT2D eigenvalue weighted by molar-refractivity contribution is 0.0767. The molecule has 5 nitrogen and oxygen atoms in total. The Labute approximate surface area is 131 Å². The average molecular weight is 298 g/mol. The van der Waals surface area contributed by atoms with E-state index < -0.39 is 0 Å². The van der Waals surface area contributed by atoms with Gasteiger partial charge in [0.25, 0.3) is 5.91 Å². The molecule has 0 aliphatic heterocycles. The first-order valence-electron chi connectivity index (χ1n) is 7.51. The van der Waals surface area contributed by atoms with Crippen molar-refractivity contribution in [2.75, 3.05) is 18.4 Å². The normalized spacial score (nSPS) is 10.4. The van der Waals surface area contributed by atoms with Gasteiger partial charge in [-0.25, -0.2) is 9.97 Å². The fraction of sp³-hybridized carbons (Fsp3) is 0.353. The van der Waals surface area contributed by atoms with Crippen LogP contribution in [0.1, 0.15) is 35.5 Å². The molecule has 0 aliphatic carbocycles. The van der Waals surface area contributed by atoms with Crippen LogP contribution in [0, 0.1) is 13.8 Å². The summed E-state index contributed by atoms with van der Waals surface area (Å²) >= 11 is 0. The molecule has 0 saturated carbocycles. The number of nitrogens with zero attached hydrogens (tertiary/aromatic N) is 3. The van der Waals surface area contributed by atoms with E-state index in [9.17, 15) is 4.79 Å². The lowest BCUT2D eigenvalue weighted by Crippen LogP contribution is -2.31. The number of aryl methyl sites for hydroxylation is 1. The van der Waals surface area contributed by atoms with Crippen LogP contribution in [0.5, 0.6) is 0 Å². The zero-order valence-corrected chi connectivity index (χ0v) is 13.6. The van der Waals surface area contributed by atoms with Gasteiger partial charge in [0, 0.05) is 24.8 Å². The van der Waals surface area contributed by atoms with Gasteiger partial charge < -0.3 is 10.2 Å². The molecule has 1 amide bonds. The van der Waals surface area contributed by atoms with Crippen molar-refractivity contribution in [2.45, 2.75) is 27.7 Å². The van der Waals surface area contributed by atoms with Crippen molar-refractivity contribution in [3.8, 4) is 0 Å². The standard InChI is InChI=1S/C17H22N4O/c1-5-21(6-2)17(22)15-10-16(19-11-18-15)20-14-9-7-8-12(3)13(14)4/h7-11H,5-6H2,1-4H3,(H,18,19,20). The molecule has 2 rings (SSSR count). The molecule has 1 aromatic heterocycles. The Morgan fingerprint density at radius 1 is 1.18 bits per heavy atom. The van der Waals surface area contributed by atoms with Gasteiger partial charge in [0.1, 0.15) is 17.8 Å². The highest BCUT2D eigenvalue weighted by atomic mass is 16.2. The summed E-state index contributed by atoms with van der Waals surface area (Å²) in [4.78, 5) is 22.4. The molecule has 0 saturated heterocycles. The first kappa shape index (κ1) is 15.9. The summed E-state index contributed by atoms with van der Waals surface area (Å²) in [5.41, 5.74) is 3.77. The van der Waals surface area contributed by atoms with Gasteiger partial charge in [0.15, 0.2) is 0 Å². The molecule has 1 heterocycles. The predicted octanol–water partition coefficient (Wildman–Crippen LogP) is 3.32. The van der Waals surface area contributed by atoms with Crippen molar-refractivity contribution >= 4 is 17.4 Å². The van der Waals surface area contributed by atoms with E-state index in [-0.39, 0.29) is 5.91 Å². The summed E-state index contributed by atoms with van der Waals surface area (Å²) in [6, 6.07) is 7.75. The maximum Gasteiger partial charge on any atom is 0.272 e. The van der Waals surface area contributed by atoms with Gasteiger partial charge in [-0.15, -0.1) is 0 Å². The summed E-state index contributed by atoms with van der Waals surface area (Å²) in [6.07, 6.45) is 1.42. The Hall–Kier alpha value is -2.43. The zero-order chi connectivity index (χ0) is 16.1. The van der Waals surface area contributed by atoms with Gasteiger partial charge in [-0.2, -0.15) is 0 Å². The molecule has 0 spiro atoms. The maximum absolute atomic E-state index is 12.3. The van der Waals surface area contributed by atoms with Gasteiger partial charge in [0.2, 0.25) is 0 Å². The first-order chi connectivity index (χ1) is 10.6. The molecule has 5 heteroatoms. The van der Waals surface area contributed by atoms with Crippen molar-refractivity contribution in [3.63, 3.8) is 0 Å². The van der Waals surface area contributed by atoms with Crippen molar-refractivity contribution in [1.82, 2.24) is 14.9 Å². The van der Waals surface area contributed by atoms with Crippen LogP contribution in [-0.4, -0.2) is 33.9 Å². The number of hydrogen-bond acceptors (Lipinski definition) is 4. The second-order valence-corrected chi connectivity index (χ2v) is 5.14. The van der Waals surface area contributed by atoms with E-state index in [0.29, 0.717) is 24.6 Å².